The summed E-state index contributed by atoms with van der Waals surface area (Å²) in [6.45, 7) is 0.436. The summed E-state index contributed by atoms with van der Waals surface area (Å²) in [5.74, 6) is 1.50. The highest BCUT2D eigenvalue weighted by molar-refractivity contribution is 5.88. The van der Waals surface area contributed by atoms with Crippen LogP contribution in [0.15, 0.2) is 22.8 Å². The van der Waals surface area contributed by atoms with Gasteiger partial charge in [-0.1, -0.05) is 6.42 Å². The zero-order valence-corrected chi connectivity index (χ0v) is 10.9. The molecule has 4 heteroatoms. The molecule has 102 valence electrons. The lowest BCUT2D eigenvalue weighted by molar-refractivity contribution is -0.137. The predicted octanol–water partition coefficient (Wildman–Crippen LogP) is 2.29. The van der Waals surface area contributed by atoms with Crippen LogP contribution in [0.4, 0.5) is 0 Å². The molecule has 1 aromatic rings. The van der Waals surface area contributed by atoms with Crippen molar-refractivity contribution in [1.82, 2.24) is 5.32 Å². The van der Waals surface area contributed by atoms with Gasteiger partial charge in [-0.3, -0.25) is 9.59 Å². The number of carbonyl (C=O) groups excluding carboxylic acids is 2. The average molecular weight is 261 g/mol. The molecule has 0 saturated heterocycles. The number of nitrogens with one attached hydrogen (secondary N) is 1. The van der Waals surface area contributed by atoms with Crippen molar-refractivity contribution in [2.24, 2.45) is 17.8 Å². The normalized spacial score (nSPS) is 30.1. The van der Waals surface area contributed by atoms with Gasteiger partial charge in [0.05, 0.1) is 12.8 Å². The fourth-order valence-electron chi connectivity index (χ4n) is 3.43. The molecular formula is C15H19NO3. The molecule has 2 bridgehead atoms. The van der Waals surface area contributed by atoms with Crippen molar-refractivity contribution in [2.75, 3.05) is 0 Å². The van der Waals surface area contributed by atoms with E-state index in [1.807, 2.05) is 12.1 Å². The molecule has 1 N–H and O–H groups in total. The van der Waals surface area contributed by atoms with E-state index in [-0.39, 0.29) is 23.7 Å². The van der Waals surface area contributed by atoms with Crippen molar-refractivity contribution in [3.63, 3.8) is 0 Å². The first-order chi connectivity index (χ1) is 9.24. The van der Waals surface area contributed by atoms with Crippen LogP contribution in [0, 0.1) is 17.8 Å². The van der Waals surface area contributed by atoms with Gasteiger partial charge in [0.25, 0.3) is 0 Å². The quantitative estimate of drug-likeness (QED) is 0.908. The first-order valence-electron chi connectivity index (χ1n) is 7.08. The maximum atomic E-state index is 12.2. The minimum absolute atomic E-state index is 0.00274. The van der Waals surface area contributed by atoms with E-state index in [1.54, 1.807) is 6.26 Å². The van der Waals surface area contributed by atoms with Gasteiger partial charge >= 0.3 is 0 Å². The second-order valence-corrected chi connectivity index (χ2v) is 5.69. The van der Waals surface area contributed by atoms with E-state index in [2.05, 4.69) is 5.32 Å². The third-order valence-electron chi connectivity index (χ3n) is 4.44. The number of fused-ring (bicyclic) bond motifs is 2. The number of hydrogen-bond acceptors (Lipinski definition) is 3. The van der Waals surface area contributed by atoms with E-state index in [4.69, 9.17) is 4.42 Å². The third kappa shape index (κ3) is 2.57. The molecule has 1 amide bonds. The largest absolute Gasteiger partial charge is 0.467 e. The van der Waals surface area contributed by atoms with Gasteiger partial charge in [0.15, 0.2) is 0 Å². The maximum Gasteiger partial charge on any atom is 0.223 e. The number of amides is 1. The Balaban J connectivity index is 1.57. The van der Waals surface area contributed by atoms with Crippen LogP contribution in [0.25, 0.3) is 0 Å². The molecule has 1 unspecified atom stereocenters. The van der Waals surface area contributed by atoms with Crippen LogP contribution in [-0.4, -0.2) is 11.7 Å². The molecule has 2 aliphatic rings. The molecule has 0 radical (unpaired) electrons. The fourth-order valence-corrected chi connectivity index (χ4v) is 3.43. The van der Waals surface area contributed by atoms with Crippen molar-refractivity contribution in [3.05, 3.63) is 24.2 Å². The Kier molecular flexibility index (Phi) is 3.40. The van der Waals surface area contributed by atoms with E-state index < -0.39 is 0 Å². The number of carbonyl (C=O) groups is 2. The Bertz CT molecular complexity index is 450. The molecule has 19 heavy (non-hydrogen) atoms. The van der Waals surface area contributed by atoms with Gasteiger partial charge in [-0.2, -0.15) is 0 Å². The molecule has 2 fully saturated rings. The Labute approximate surface area is 112 Å². The molecule has 3 rings (SSSR count). The third-order valence-corrected chi connectivity index (χ3v) is 4.44. The Morgan fingerprint density at radius 2 is 2.05 bits per heavy atom. The van der Waals surface area contributed by atoms with Crippen molar-refractivity contribution in [2.45, 2.75) is 38.6 Å². The maximum absolute atomic E-state index is 12.2. The lowest BCUT2D eigenvalue weighted by Gasteiger charge is -2.36. The Morgan fingerprint density at radius 3 is 2.68 bits per heavy atom. The van der Waals surface area contributed by atoms with Gasteiger partial charge in [-0.05, 0) is 37.8 Å². The summed E-state index contributed by atoms with van der Waals surface area (Å²) in [7, 11) is 0. The van der Waals surface area contributed by atoms with Gasteiger partial charge in [0.2, 0.25) is 5.91 Å². The SMILES string of the molecule is O=C(NCc1ccco1)C1C[C@H]2CCC[C@@H](C1)C2=O. The smallest absolute Gasteiger partial charge is 0.223 e. The summed E-state index contributed by atoms with van der Waals surface area (Å²) in [4.78, 5) is 24.1. The number of Topliss-reactive ketones (excluding diaryl/α,β-unsaturated/α-hetero) is 1. The fraction of sp³-hybridized carbons (Fsp3) is 0.600. The van der Waals surface area contributed by atoms with Crippen LogP contribution in [0.1, 0.15) is 37.9 Å². The molecule has 2 saturated carbocycles. The zero-order valence-electron chi connectivity index (χ0n) is 10.9. The number of rotatable bonds is 3. The second-order valence-electron chi connectivity index (χ2n) is 5.69. The van der Waals surface area contributed by atoms with E-state index >= 15 is 0 Å². The van der Waals surface area contributed by atoms with E-state index in [1.165, 1.54) is 0 Å². The molecule has 1 aromatic heterocycles. The number of ketones is 1. The van der Waals surface area contributed by atoms with Gasteiger partial charge in [0.1, 0.15) is 11.5 Å². The Morgan fingerprint density at radius 1 is 1.32 bits per heavy atom. The van der Waals surface area contributed by atoms with Crippen molar-refractivity contribution >= 4 is 11.7 Å². The second kappa shape index (κ2) is 5.19. The monoisotopic (exact) mass is 261 g/mol. The summed E-state index contributed by atoms with van der Waals surface area (Å²) in [5, 5.41) is 2.91. The molecule has 0 aliphatic heterocycles. The van der Waals surface area contributed by atoms with E-state index in [0.717, 1.165) is 37.9 Å². The molecular weight excluding hydrogens is 242 g/mol. The van der Waals surface area contributed by atoms with Crippen molar-refractivity contribution in [1.29, 1.82) is 0 Å². The van der Waals surface area contributed by atoms with Crippen LogP contribution in [-0.2, 0) is 16.1 Å². The lowest BCUT2D eigenvalue weighted by atomic mass is 9.67. The number of hydrogen-bond donors (Lipinski definition) is 1. The molecule has 4 nitrogen and oxygen atoms in total. The van der Waals surface area contributed by atoms with E-state index in [0.29, 0.717) is 12.3 Å². The highest BCUT2D eigenvalue weighted by atomic mass is 16.3. The summed E-state index contributed by atoms with van der Waals surface area (Å²) in [5.41, 5.74) is 0. The topological polar surface area (TPSA) is 59.3 Å². The first-order valence-corrected chi connectivity index (χ1v) is 7.08. The van der Waals surface area contributed by atoms with Gasteiger partial charge in [0, 0.05) is 17.8 Å². The molecule has 2 aliphatic carbocycles. The van der Waals surface area contributed by atoms with Crippen LogP contribution in [0.5, 0.6) is 0 Å². The molecule has 0 aromatic carbocycles. The van der Waals surface area contributed by atoms with Gasteiger partial charge in [-0.15, -0.1) is 0 Å². The predicted molar refractivity (Wildman–Crippen MR) is 69.1 cm³/mol. The molecule has 0 spiro atoms. The summed E-state index contributed by atoms with van der Waals surface area (Å²) < 4.78 is 5.19. The molecule has 3 atom stereocenters. The van der Waals surface area contributed by atoms with Crippen LogP contribution in [0.3, 0.4) is 0 Å². The Hall–Kier alpha value is -1.58. The summed E-state index contributed by atoms with van der Waals surface area (Å²) in [6, 6.07) is 3.66. The standard InChI is InChI=1S/C15H19NO3/c17-14-10-3-1-4-11(14)8-12(7-10)15(18)16-9-13-5-2-6-19-13/h2,5-6,10-12H,1,3-4,7-9H2,(H,16,18)/t10-,11+,12?. The van der Waals surface area contributed by atoms with Crippen LogP contribution < -0.4 is 5.32 Å². The van der Waals surface area contributed by atoms with Crippen molar-refractivity contribution in [3.8, 4) is 0 Å². The molecule has 1 heterocycles. The minimum atomic E-state index is 0.00274. The van der Waals surface area contributed by atoms with Crippen LogP contribution in [0.2, 0.25) is 0 Å². The summed E-state index contributed by atoms with van der Waals surface area (Å²) >= 11 is 0. The van der Waals surface area contributed by atoms with Gasteiger partial charge < -0.3 is 9.73 Å². The highest BCUT2D eigenvalue weighted by Gasteiger charge is 2.41. The first kappa shape index (κ1) is 12.5. The highest BCUT2D eigenvalue weighted by Crippen LogP contribution is 2.40. The van der Waals surface area contributed by atoms with Gasteiger partial charge in [-0.25, -0.2) is 0 Å². The minimum Gasteiger partial charge on any atom is -0.467 e. The average Bonchev–Trinajstić information content (AvgIpc) is 2.88. The van der Waals surface area contributed by atoms with E-state index in [9.17, 15) is 9.59 Å². The lowest BCUT2D eigenvalue weighted by Crippen LogP contribution is -2.42. The summed E-state index contributed by atoms with van der Waals surface area (Å²) in [6.07, 6.45) is 6.15. The van der Waals surface area contributed by atoms with Crippen LogP contribution >= 0.6 is 0 Å². The number of furan rings is 1. The zero-order chi connectivity index (χ0) is 13.2. The van der Waals surface area contributed by atoms with Crippen molar-refractivity contribution < 1.29 is 14.0 Å².